The van der Waals surface area contributed by atoms with Gasteiger partial charge < -0.3 is 10.4 Å². The first-order valence-corrected chi connectivity index (χ1v) is 4.64. The van der Waals surface area contributed by atoms with Crippen LogP contribution in [0.15, 0.2) is 0 Å². The topological polar surface area (TPSA) is 32.3 Å². The minimum atomic E-state index is -0.105. The molecular formula is C9H19NO. The number of rotatable bonds is 2. The van der Waals surface area contributed by atoms with Gasteiger partial charge in [0.25, 0.3) is 0 Å². The predicted octanol–water partition coefficient (Wildman–Crippen LogP) is 1.29. The summed E-state index contributed by atoms with van der Waals surface area (Å²) >= 11 is 0. The smallest absolute Gasteiger partial charge is 0.0693 e. The summed E-state index contributed by atoms with van der Waals surface area (Å²) < 4.78 is 0. The Morgan fingerprint density at radius 1 is 1.27 bits per heavy atom. The SMILES string of the molecule is CC(C)N[C@@H]1CCCCC1O. The van der Waals surface area contributed by atoms with Gasteiger partial charge in [0.15, 0.2) is 0 Å². The monoisotopic (exact) mass is 157 g/mol. The van der Waals surface area contributed by atoms with Gasteiger partial charge >= 0.3 is 0 Å². The van der Waals surface area contributed by atoms with Gasteiger partial charge in [-0.15, -0.1) is 0 Å². The van der Waals surface area contributed by atoms with E-state index in [1.165, 1.54) is 12.8 Å². The second-order valence-electron chi connectivity index (χ2n) is 3.78. The zero-order valence-electron chi connectivity index (χ0n) is 7.51. The quantitative estimate of drug-likeness (QED) is 0.633. The molecule has 1 aliphatic rings. The molecule has 66 valence electrons. The molecule has 0 aliphatic heterocycles. The van der Waals surface area contributed by atoms with Gasteiger partial charge in [0.1, 0.15) is 0 Å². The van der Waals surface area contributed by atoms with Crippen LogP contribution in [0.3, 0.4) is 0 Å². The third-order valence-corrected chi connectivity index (χ3v) is 2.28. The molecule has 0 heterocycles. The van der Waals surface area contributed by atoms with Crippen LogP contribution >= 0.6 is 0 Å². The van der Waals surface area contributed by atoms with E-state index < -0.39 is 0 Å². The molecule has 0 aromatic rings. The highest BCUT2D eigenvalue weighted by Crippen LogP contribution is 2.18. The molecule has 11 heavy (non-hydrogen) atoms. The maximum absolute atomic E-state index is 9.56. The first-order chi connectivity index (χ1) is 5.20. The van der Waals surface area contributed by atoms with Crippen LogP contribution in [0, 0.1) is 0 Å². The van der Waals surface area contributed by atoms with Crippen molar-refractivity contribution in [2.75, 3.05) is 0 Å². The van der Waals surface area contributed by atoms with Crippen LogP contribution < -0.4 is 5.32 Å². The normalized spacial score (nSPS) is 32.7. The summed E-state index contributed by atoms with van der Waals surface area (Å²) in [7, 11) is 0. The van der Waals surface area contributed by atoms with Crippen molar-refractivity contribution < 1.29 is 5.11 Å². The molecule has 2 nitrogen and oxygen atoms in total. The second-order valence-corrected chi connectivity index (χ2v) is 3.78. The Morgan fingerprint density at radius 2 is 1.91 bits per heavy atom. The van der Waals surface area contributed by atoms with Gasteiger partial charge in [-0.1, -0.05) is 26.7 Å². The molecule has 1 rings (SSSR count). The lowest BCUT2D eigenvalue weighted by Gasteiger charge is -2.30. The molecule has 0 bridgehead atoms. The van der Waals surface area contributed by atoms with E-state index >= 15 is 0 Å². The van der Waals surface area contributed by atoms with Crippen molar-refractivity contribution in [1.29, 1.82) is 0 Å². The summed E-state index contributed by atoms with van der Waals surface area (Å²) in [5.41, 5.74) is 0. The van der Waals surface area contributed by atoms with E-state index in [0.29, 0.717) is 12.1 Å². The summed E-state index contributed by atoms with van der Waals surface area (Å²) in [6.45, 7) is 4.25. The van der Waals surface area contributed by atoms with Gasteiger partial charge in [-0.25, -0.2) is 0 Å². The van der Waals surface area contributed by atoms with Crippen LogP contribution in [0.4, 0.5) is 0 Å². The van der Waals surface area contributed by atoms with Crippen molar-refractivity contribution in [2.24, 2.45) is 0 Å². The lowest BCUT2D eigenvalue weighted by Crippen LogP contribution is -2.45. The van der Waals surface area contributed by atoms with Crippen molar-refractivity contribution in [1.82, 2.24) is 5.32 Å². The lowest BCUT2D eigenvalue weighted by molar-refractivity contribution is 0.0871. The van der Waals surface area contributed by atoms with Gasteiger partial charge in [0, 0.05) is 12.1 Å². The Morgan fingerprint density at radius 3 is 2.45 bits per heavy atom. The van der Waals surface area contributed by atoms with E-state index in [1.807, 2.05) is 0 Å². The fraction of sp³-hybridized carbons (Fsp3) is 1.00. The molecule has 2 atom stereocenters. The van der Waals surface area contributed by atoms with E-state index in [-0.39, 0.29) is 6.10 Å². The van der Waals surface area contributed by atoms with Crippen molar-refractivity contribution in [3.05, 3.63) is 0 Å². The summed E-state index contributed by atoms with van der Waals surface area (Å²) in [6, 6.07) is 0.844. The van der Waals surface area contributed by atoms with Crippen molar-refractivity contribution in [3.63, 3.8) is 0 Å². The molecule has 2 heteroatoms. The standard InChI is InChI=1S/C9H19NO/c1-7(2)10-8-5-3-4-6-9(8)11/h7-11H,3-6H2,1-2H3/t8-,9?/m1/s1. The lowest BCUT2D eigenvalue weighted by atomic mass is 9.92. The van der Waals surface area contributed by atoms with Gasteiger partial charge in [-0.2, -0.15) is 0 Å². The fourth-order valence-electron chi connectivity index (χ4n) is 1.73. The largest absolute Gasteiger partial charge is 0.392 e. The van der Waals surface area contributed by atoms with Gasteiger partial charge in [0.2, 0.25) is 0 Å². The van der Waals surface area contributed by atoms with Gasteiger partial charge in [-0.3, -0.25) is 0 Å². The number of aliphatic hydroxyl groups is 1. The summed E-state index contributed by atoms with van der Waals surface area (Å²) in [5, 5.41) is 12.9. The minimum Gasteiger partial charge on any atom is -0.392 e. The van der Waals surface area contributed by atoms with Crippen molar-refractivity contribution in [3.8, 4) is 0 Å². The van der Waals surface area contributed by atoms with Crippen LogP contribution in [0.25, 0.3) is 0 Å². The average molecular weight is 157 g/mol. The molecule has 0 saturated heterocycles. The Bertz CT molecular complexity index is 114. The number of aliphatic hydroxyl groups excluding tert-OH is 1. The van der Waals surface area contributed by atoms with Gasteiger partial charge in [0.05, 0.1) is 6.10 Å². The molecule has 1 unspecified atom stereocenters. The van der Waals surface area contributed by atoms with Gasteiger partial charge in [-0.05, 0) is 12.8 Å². The Labute approximate surface area is 69.0 Å². The highest BCUT2D eigenvalue weighted by Gasteiger charge is 2.22. The highest BCUT2D eigenvalue weighted by atomic mass is 16.3. The fourth-order valence-corrected chi connectivity index (χ4v) is 1.73. The van der Waals surface area contributed by atoms with Crippen molar-refractivity contribution >= 4 is 0 Å². The molecule has 0 radical (unpaired) electrons. The molecule has 0 spiro atoms. The number of hydrogen-bond acceptors (Lipinski definition) is 2. The number of nitrogens with one attached hydrogen (secondary N) is 1. The minimum absolute atomic E-state index is 0.105. The van der Waals surface area contributed by atoms with Crippen LogP contribution in [0.1, 0.15) is 39.5 Å². The molecule has 0 amide bonds. The molecule has 2 N–H and O–H groups in total. The van der Waals surface area contributed by atoms with Crippen LogP contribution in [-0.4, -0.2) is 23.3 Å². The Kier molecular flexibility index (Phi) is 3.34. The Hall–Kier alpha value is -0.0800. The maximum atomic E-state index is 9.56. The molecule has 1 aliphatic carbocycles. The van der Waals surface area contributed by atoms with Crippen LogP contribution in [0.2, 0.25) is 0 Å². The molecule has 0 aromatic carbocycles. The maximum Gasteiger partial charge on any atom is 0.0693 e. The summed E-state index contributed by atoms with van der Waals surface area (Å²) in [5.74, 6) is 0. The molecular weight excluding hydrogens is 138 g/mol. The molecule has 1 saturated carbocycles. The van der Waals surface area contributed by atoms with E-state index in [0.717, 1.165) is 12.8 Å². The van der Waals surface area contributed by atoms with Crippen LogP contribution in [-0.2, 0) is 0 Å². The first-order valence-electron chi connectivity index (χ1n) is 4.64. The molecule has 0 aromatic heterocycles. The average Bonchev–Trinajstić information content (AvgIpc) is 1.93. The Balaban J connectivity index is 2.29. The van der Waals surface area contributed by atoms with E-state index in [4.69, 9.17) is 0 Å². The van der Waals surface area contributed by atoms with E-state index in [9.17, 15) is 5.11 Å². The zero-order chi connectivity index (χ0) is 8.27. The molecule has 1 fully saturated rings. The first kappa shape index (κ1) is 9.01. The zero-order valence-corrected chi connectivity index (χ0v) is 7.51. The summed E-state index contributed by atoms with van der Waals surface area (Å²) in [4.78, 5) is 0. The van der Waals surface area contributed by atoms with E-state index in [2.05, 4.69) is 19.2 Å². The van der Waals surface area contributed by atoms with Crippen LogP contribution in [0.5, 0.6) is 0 Å². The predicted molar refractivity (Wildman–Crippen MR) is 46.5 cm³/mol. The number of hydrogen-bond donors (Lipinski definition) is 2. The van der Waals surface area contributed by atoms with E-state index in [1.54, 1.807) is 0 Å². The van der Waals surface area contributed by atoms with Crippen molar-refractivity contribution in [2.45, 2.75) is 57.7 Å². The third kappa shape index (κ3) is 2.80. The summed E-state index contributed by atoms with van der Waals surface area (Å²) in [6.07, 6.45) is 4.47. The highest BCUT2D eigenvalue weighted by molar-refractivity contribution is 4.81. The third-order valence-electron chi connectivity index (χ3n) is 2.28. The second kappa shape index (κ2) is 4.07.